The normalized spacial score (nSPS) is 15.8. The largest absolute Gasteiger partial charge is 0.334 e. The maximum Gasteiger partial charge on any atom is 0.199 e. The number of nitrogens with two attached hydrogens (primary N) is 1. The monoisotopic (exact) mass is 210 g/mol. The number of anilines is 1. The van der Waals surface area contributed by atoms with Crippen LogP contribution >= 0.6 is 12.2 Å². The van der Waals surface area contributed by atoms with Gasteiger partial charge in [0, 0.05) is 11.3 Å². The summed E-state index contributed by atoms with van der Waals surface area (Å²) < 4.78 is 0.513. The lowest BCUT2D eigenvalue weighted by Gasteiger charge is -2.10. The van der Waals surface area contributed by atoms with E-state index in [4.69, 9.17) is 18.1 Å². The highest BCUT2D eigenvalue weighted by Crippen LogP contribution is 2.23. The molecule has 1 aliphatic carbocycles. The van der Waals surface area contributed by atoms with Crippen LogP contribution in [-0.2, 0) is 12.8 Å². The molecule has 1 heterocycles. The predicted molar refractivity (Wildman–Crippen MR) is 58.5 cm³/mol. The van der Waals surface area contributed by atoms with E-state index in [1.807, 2.05) is 0 Å². The van der Waals surface area contributed by atoms with E-state index in [1.54, 1.807) is 0 Å². The Hall–Kier alpha value is -0.940. The molecule has 0 bridgehead atoms. The Bertz CT molecular complexity index is 385. The van der Waals surface area contributed by atoms with Gasteiger partial charge in [-0.3, -0.25) is 0 Å². The number of aromatic nitrogens is 2. The fourth-order valence-electron chi connectivity index (χ4n) is 1.93. The van der Waals surface area contributed by atoms with Crippen molar-refractivity contribution in [3.63, 3.8) is 0 Å². The van der Waals surface area contributed by atoms with Gasteiger partial charge in [-0.2, -0.15) is 0 Å². The molecule has 0 saturated heterocycles. The third kappa shape index (κ3) is 1.78. The van der Waals surface area contributed by atoms with Gasteiger partial charge in [-0.25, -0.2) is 10.8 Å². The van der Waals surface area contributed by atoms with Gasteiger partial charge in [0.1, 0.15) is 5.82 Å². The van der Waals surface area contributed by atoms with Crippen LogP contribution in [0.5, 0.6) is 0 Å². The number of hydrazine groups is 1. The molecule has 0 fully saturated rings. The van der Waals surface area contributed by atoms with Gasteiger partial charge in [-0.05, 0) is 37.9 Å². The summed E-state index contributed by atoms with van der Waals surface area (Å²) in [4.78, 5) is 7.32. The van der Waals surface area contributed by atoms with E-state index in [2.05, 4.69) is 15.4 Å². The molecule has 5 heteroatoms. The molecule has 1 aromatic rings. The molecule has 0 aliphatic heterocycles. The summed E-state index contributed by atoms with van der Waals surface area (Å²) in [7, 11) is 0. The molecule has 4 N–H and O–H groups in total. The predicted octanol–water partition coefficient (Wildman–Crippen LogP) is 1.69. The van der Waals surface area contributed by atoms with E-state index in [-0.39, 0.29) is 0 Å². The number of nitrogens with zero attached hydrogens (tertiary/aromatic N) is 1. The van der Waals surface area contributed by atoms with Crippen molar-refractivity contribution in [3.8, 4) is 0 Å². The summed E-state index contributed by atoms with van der Waals surface area (Å²) in [5.74, 6) is 6.16. The number of H-pyrrole nitrogens is 1. The summed E-state index contributed by atoms with van der Waals surface area (Å²) in [5.41, 5.74) is 5.04. The number of hydrogen-bond donors (Lipinski definition) is 3. The Kier molecular flexibility index (Phi) is 2.79. The van der Waals surface area contributed by atoms with Gasteiger partial charge in [0.25, 0.3) is 0 Å². The van der Waals surface area contributed by atoms with Crippen LogP contribution in [0.25, 0.3) is 0 Å². The van der Waals surface area contributed by atoms with E-state index in [0.717, 1.165) is 18.7 Å². The average molecular weight is 210 g/mol. The van der Waals surface area contributed by atoms with E-state index in [1.165, 1.54) is 30.5 Å². The number of fused-ring (bicyclic) bond motifs is 1. The summed E-state index contributed by atoms with van der Waals surface area (Å²) in [5, 5.41) is 0. The molecule has 0 unspecified atom stereocenters. The van der Waals surface area contributed by atoms with Gasteiger partial charge < -0.3 is 10.4 Å². The molecule has 0 amide bonds. The first-order valence-corrected chi connectivity index (χ1v) is 5.31. The molecule has 1 aromatic heterocycles. The lowest BCUT2D eigenvalue weighted by molar-refractivity contribution is 0.708. The SMILES string of the molecule is NNc1nc(=S)[nH]c2c1CCCCC2. The number of aromatic amines is 1. The number of nitrogens with one attached hydrogen (secondary N) is 2. The second kappa shape index (κ2) is 4.06. The molecular formula is C9H14N4S. The summed E-state index contributed by atoms with van der Waals surface area (Å²) in [6.45, 7) is 0. The Morgan fingerprint density at radius 1 is 1.29 bits per heavy atom. The quantitative estimate of drug-likeness (QED) is 0.285. The molecule has 0 saturated carbocycles. The van der Waals surface area contributed by atoms with Crippen LogP contribution < -0.4 is 11.3 Å². The highest BCUT2D eigenvalue weighted by atomic mass is 32.1. The van der Waals surface area contributed by atoms with E-state index in [0.29, 0.717) is 4.77 Å². The van der Waals surface area contributed by atoms with Gasteiger partial charge >= 0.3 is 0 Å². The zero-order chi connectivity index (χ0) is 9.97. The Balaban J connectivity index is 2.52. The fourth-order valence-corrected chi connectivity index (χ4v) is 2.14. The van der Waals surface area contributed by atoms with Gasteiger partial charge in [-0.15, -0.1) is 0 Å². The van der Waals surface area contributed by atoms with Crippen LogP contribution in [0.2, 0.25) is 0 Å². The van der Waals surface area contributed by atoms with Gasteiger partial charge in [0.2, 0.25) is 0 Å². The average Bonchev–Trinajstić information content (AvgIpc) is 2.41. The molecule has 1 aliphatic rings. The van der Waals surface area contributed by atoms with Crippen LogP contribution in [-0.4, -0.2) is 9.97 Å². The Labute approximate surface area is 87.9 Å². The van der Waals surface area contributed by atoms with Crippen LogP contribution in [0.1, 0.15) is 30.5 Å². The fraction of sp³-hybridized carbons (Fsp3) is 0.556. The lowest BCUT2D eigenvalue weighted by Crippen LogP contribution is -2.13. The third-order valence-electron chi connectivity index (χ3n) is 2.61. The van der Waals surface area contributed by atoms with Gasteiger partial charge in [0.05, 0.1) is 0 Å². The number of aryl methyl sites for hydroxylation is 1. The number of hydrogen-bond acceptors (Lipinski definition) is 4. The van der Waals surface area contributed by atoms with E-state index < -0.39 is 0 Å². The first-order chi connectivity index (χ1) is 6.81. The van der Waals surface area contributed by atoms with Crippen molar-refractivity contribution in [2.24, 2.45) is 5.84 Å². The van der Waals surface area contributed by atoms with Crippen molar-refractivity contribution >= 4 is 18.0 Å². The van der Waals surface area contributed by atoms with E-state index in [9.17, 15) is 0 Å². The van der Waals surface area contributed by atoms with Crippen molar-refractivity contribution in [2.75, 3.05) is 5.43 Å². The minimum absolute atomic E-state index is 0.513. The molecular weight excluding hydrogens is 196 g/mol. The maximum atomic E-state index is 5.42. The third-order valence-corrected chi connectivity index (χ3v) is 2.80. The molecule has 76 valence electrons. The summed E-state index contributed by atoms with van der Waals surface area (Å²) >= 11 is 5.03. The topological polar surface area (TPSA) is 66.7 Å². The van der Waals surface area contributed by atoms with Crippen LogP contribution in [0.15, 0.2) is 0 Å². The van der Waals surface area contributed by atoms with Crippen LogP contribution in [0.4, 0.5) is 5.82 Å². The first kappa shape index (κ1) is 9.61. The Morgan fingerprint density at radius 2 is 2.07 bits per heavy atom. The summed E-state index contributed by atoms with van der Waals surface area (Å²) in [6.07, 6.45) is 5.77. The van der Waals surface area contributed by atoms with Crippen molar-refractivity contribution in [1.29, 1.82) is 0 Å². The highest BCUT2D eigenvalue weighted by molar-refractivity contribution is 7.71. The van der Waals surface area contributed by atoms with E-state index >= 15 is 0 Å². The molecule has 4 nitrogen and oxygen atoms in total. The number of rotatable bonds is 1. The molecule has 0 aromatic carbocycles. The lowest BCUT2D eigenvalue weighted by atomic mass is 10.1. The first-order valence-electron chi connectivity index (χ1n) is 4.90. The van der Waals surface area contributed by atoms with Crippen molar-refractivity contribution in [3.05, 3.63) is 16.0 Å². The zero-order valence-electron chi connectivity index (χ0n) is 7.97. The Morgan fingerprint density at radius 3 is 2.86 bits per heavy atom. The van der Waals surface area contributed by atoms with Crippen molar-refractivity contribution in [1.82, 2.24) is 9.97 Å². The standard InChI is InChI=1S/C9H14N4S/c10-13-8-6-4-2-1-3-5-7(6)11-9(14)12-8/h1-5,10H2,(H2,11,12,13,14). The van der Waals surface area contributed by atoms with Crippen molar-refractivity contribution in [2.45, 2.75) is 32.1 Å². The smallest absolute Gasteiger partial charge is 0.199 e. The van der Waals surface area contributed by atoms with Crippen LogP contribution in [0.3, 0.4) is 0 Å². The molecule has 0 atom stereocenters. The second-order valence-corrected chi connectivity index (χ2v) is 3.94. The van der Waals surface area contributed by atoms with Gasteiger partial charge in [0.15, 0.2) is 4.77 Å². The molecule has 0 spiro atoms. The second-order valence-electron chi connectivity index (χ2n) is 3.55. The maximum absolute atomic E-state index is 5.42. The minimum atomic E-state index is 0.513. The van der Waals surface area contributed by atoms with Gasteiger partial charge in [-0.1, -0.05) is 6.42 Å². The van der Waals surface area contributed by atoms with Crippen LogP contribution in [0, 0.1) is 4.77 Å². The highest BCUT2D eigenvalue weighted by Gasteiger charge is 2.13. The summed E-state index contributed by atoms with van der Waals surface area (Å²) in [6, 6.07) is 0. The molecule has 14 heavy (non-hydrogen) atoms. The minimum Gasteiger partial charge on any atom is -0.334 e. The molecule has 0 radical (unpaired) electrons. The van der Waals surface area contributed by atoms with Crippen molar-refractivity contribution < 1.29 is 0 Å². The zero-order valence-corrected chi connectivity index (χ0v) is 8.78. The molecule has 2 rings (SSSR count). The number of nitrogen functional groups attached to an aromatic ring is 1.